The standard InChI is InChI=1S/C9H10F3N3O5S/c1-14-6(5-15-2-3-19-8(15)16)4-7(13-14)20-21(17,18)9(10,11)12/h4H,2-3,5H2,1H3. The van der Waals surface area contributed by atoms with Crippen LogP contribution in [0.3, 0.4) is 0 Å². The van der Waals surface area contributed by atoms with Crippen LogP contribution >= 0.6 is 0 Å². The maximum absolute atomic E-state index is 12.2. The molecule has 0 saturated carbocycles. The van der Waals surface area contributed by atoms with Crippen LogP contribution in [0.2, 0.25) is 0 Å². The van der Waals surface area contributed by atoms with E-state index in [0.29, 0.717) is 12.2 Å². The molecule has 0 spiro atoms. The van der Waals surface area contributed by atoms with Gasteiger partial charge in [0.15, 0.2) is 0 Å². The fourth-order valence-electron chi connectivity index (χ4n) is 1.59. The van der Waals surface area contributed by atoms with Crippen LogP contribution in [0.15, 0.2) is 6.07 Å². The Morgan fingerprint density at radius 1 is 1.48 bits per heavy atom. The molecule has 1 aliphatic heterocycles. The zero-order valence-electron chi connectivity index (χ0n) is 10.6. The van der Waals surface area contributed by atoms with Gasteiger partial charge >= 0.3 is 21.7 Å². The molecule has 12 heteroatoms. The number of carbonyl (C=O) groups is 1. The molecule has 2 rings (SSSR count). The lowest BCUT2D eigenvalue weighted by molar-refractivity contribution is -0.0501. The Balaban J connectivity index is 2.14. The molecule has 0 atom stereocenters. The number of ether oxygens (including phenoxy) is 1. The van der Waals surface area contributed by atoms with Gasteiger partial charge in [0.25, 0.3) is 5.88 Å². The number of nitrogens with zero attached hydrogens (tertiary/aromatic N) is 3. The Hall–Kier alpha value is -1.98. The van der Waals surface area contributed by atoms with Gasteiger partial charge in [-0.25, -0.2) is 4.79 Å². The molecule has 0 N–H and O–H groups in total. The van der Waals surface area contributed by atoms with Crippen molar-refractivity contribution in [1.29, 1.82) is 0 Å². The number of halogens is 3. The topological polar surface area (TPSA) is 90.7 Å². The maximum Gasteiger partial charge on any atom is 0.534 e. The monoisotopic (exact) mass is 329 g/mol. The van der Waals surface area contributed by atoms with Gasteiger partial charge in [0, 0.05) is 13.1 Å². The molecular weight excluding hydrogens is 319 g/mol. The van der Waals surface area contributed by atoms with Gasteiger partial charge in [-0.3, -0.25) is 9.58 Å². The summed E-state index contributed by atoms with van der Waals surface area (Å²) in [5.41, 5.74) is -5.25. The van der Waals surface area contributed by atoms with Gasteiger partial charge in [0.2, 0.25) is 0 Å². The number of aromatic nitrogens is 2. The molecule has 1 amide bonds. The second-order valence-electron chi connectivity index (χ2n) is 4.12. The van der Waals surface area contributed by atoms with Crippen molar-refractivity contribution < 1.29 is 35.3 Å². The Morgan fingerprint density at radius 3 is 2.67 bits per heavy atom. The van der Waals surface area contributed by atoms with Crippen molar-refractivity contribution in [3.05, 3.63) is 11.8 Å². The van der Waals surface area contributed by atoms with E-state index in [0.717, 1.165) is 10.7 Å². The number of cyclic esters (lactones) is 1. The lowest BCUT2D eigenvalue weighted by Gasteiger charge is -2.11. The number of hydrogen-bond acceptors (Lipinski definition) is 6. The Kier molecular flexibility index (Phi) is 3.74. The third-order valence-corrected chi connectivity index (χ3v) is 3.59. The minimum absolute atomic E-state index is 0.0117. The normalized spacial score (nSPS) is 16.2. The zero-order chi connectivity index (χ0) is 15.8. The van der Waals surface area contributed by atoms with Gasteiger partial charge in [-0.1, -0.05) is 0 Å². The molecule has 0 radical (unpaired) electrons. The highest BCUT2D eigenvalue weighted by Gasteiger charge is 2.49. The van der Waals surface area contributed by atoms with Crippen molar-refractivity contribution in [1.82, 2.24) is 14.7 Å². The van der Waals surface area contributed by atoms with Crippen LogP contribution in [0.4, 0.5) is 18.0 Å². The van der Waals surface area contributed by atoms with Crippen molar-refractivity contribution in [2.45, 2.75) is 12.1 Å². The molecule has 0 aromatic carbocycles. The molecule has 1 fully saturated rings. The molecule has 1 aliphatic rings. The average Bonchev–Trinajstić information content (AvgIpc) is 2.85. The fraction of sp³-hybridized carbons (Fsp3) is 0.556. The lowest BCUT2D eigenvalue weighted by Crippen LogP contribution is -2.28. The van der Waals surface area contributed by atoms with Crippen LogP contribution < -0.4 is 4.18 Å². The van der Waals surface area contributed by atoms with Gasteiger partial charge in [-0.05, 0) is 0 Å². The number of hydrogen-bond donors (Lipinski definition) is 0. The van der Waals surface area contributed by atoms with Crippen molar-refractivity contribution in [3.63, 3.8) is 0 Å². The summed E-state index contributed by atoms with van der Waals surface area (Å²) in [7, 11) is -4.39. The first-order valence-corrected chi connectivity index (χ1v) is 6.96. The Morgan fingerprint density at radius 2 is 2.14 bits per heavy atom. The lowest BCUT2D eigenvalue weighted by atomic mass is 10.4. The second kappa shape index (κ2) is 5.09. The minimum atomic E-state index is -5.77. The predicted molar refractivity (Wildman–Crippen MR) is 60.6 cm³/mol. The number of aryl methyl sites for hydroxylation is 1. The highest BCUT2D eigenvalue weighted by Crippen LogP contribution is 2.26. The van der Waals surface area contributed by atoms with Gasteiger partial charge in [0.1, 0.15) is 6.61 Å². The van der Waals surface area contributed by atoms with E-state index in [4.69, 9.17) is 4.74 Å². The van der Waals surface area contributed by atoms with E-state index >= 15 is 0 Å². The predicted octanol–water partition coefficient (Wildman–Crippen LogP) is 0.601. The van der Waals surface area contributed by atoms with Crippen LogP contribution in [-0.4, -0.2) is 47.9 Å². The summed E-state index contributed by atoms with van der Waals surface area (Å²) in [6, 6.07) is 1.01. The molecule has 1 saturated heterocycles. The van der Waals surface area contributed by atoms with Crippen molar-refractivity contribution >= 4 is 16.2 Å². The van der Waals surface area contributed by atoms with E-state index in [1.54, 1.807) is 0 Å². The van der Waals surface area contributed by atoms with E-state index < -0.39 is 27.6 Å². The smallest absolute Gasteiger partial charge is 0.448 e. The molecule has 0 aliphatic carbocycles. The molecule has 8 nitrogen and oxygen atoms in total. The first kappa shape index (κ1) is 15.4. The molecule has 1 aromatic heterocycles. The summed E-state index contributed by atoms with van der Waals surface area (Å²) in [6.45, 7) is 0.543. The number of amides is 1. The van der Waals surface area contributed by atoms with Crippen molar-refractivity contribution in [3.8, 4) is 5.88 Å². The largest absolute Gasteiger partial charge is 0.534 e. The van der Waals surface area contributed by atoms with Crippen LogP contribution in [0.25, 0.3) is 0 Å². The quantitative estimate of drug-likeness (QED) is 0.593. The number of rotatable bonds is 4. The van der Waals surface area contributed by atoms with Gasteiger partial charge in [-0.2, -0.15) is 21.6 Å². The average molecular weight is 329 g/mol. The first-order chi connectivity index (χ1) is 9.60. The van der Waals surface area contributed by atoms with Gasteiger partial charge < -0.3 is 8.92 Å². The third kappa shape index (κ3) is 3.20. The van der Waals surface area contributed by atoms with Crippen LogP contribution in [-0.2, 0) is 28.4 Å². The van der Waals surface area contributed by atoms with Crippen LogP contribution in [0, 0.1) is 0 Å². The Bertz CT molecular complexity index is 654. The number of alkyl halides is 3. The van der Waals surface area contributed by atoms with Crippen molar-refractivity contribution in [2.75, 3.05) is 13.2 Å². The molecule has 1 aromatic rings. The molecule has 118 valence electrons. The zero-order valence-corrected chi connectivity index (χ0v) is 11.4. The molecule has 2 heterocycles. The maximum atomic E-state index is 12.2. The highest BCUT2D eigenvalue weighted by molar-refractivity contribution is 7.87. The third-order valence-electron chi connectivity index (χ3n) is 2.63. The summed E-state index contributed by atoms with van der Waals surface area (Å²) in [4.78, 5) is 12.5. The summed E-state index contributed by atoms with van der Waals surface area (Å²) in [5.74, 6) is -0.725. The molecule has 21 heavy (non-hydrogen) atoms. The summed E-state index contributed by atoms with van der Waals surface area (Å²) in [6.07, 6.45) is -0.568. The first-order valence-electron chi connectivity index (χ1n) is 5.55. The van der Waals surface area contributed by atoms with Crippen LogP contribution in [0.5, 0.6) is 5.88 Å². The van der Waals surface area contributed by atoms with E-state index in [-0.39, 0.29) is 13.2 Å². The van der Waals surface area contributed by atoms with E-state index in [1.807, 2.05) is 0 Å². The number of carbonyl (C=O) groups excluding carboxylic acids is 1. The van der Waals surface area contributed by atoms with Gasteiger partial charge in [0.05, 0.1) is 18.8 Å². The fourth-order valence-corrected chi connectivity index (χ4v) is 1.99. The van der Waals surface area contributed by atoms with E-state index in [1.165, 1.54) is 11.9 Å². The minimum Gasteiger partial charge on any atom is -0.448 e. The molecular formula is C9H10F3N3O5S. The summed E-state index contributed by atoms with van der Waals surface area (Å²) < 4.78 is 68.0. The second-order valence-corrected chi connectivity index (χ2v) is 5.65. The van der Waals surface area contributed by atoms with Gasteiger partial charge in [-0.15, -0.1) is 5.10 Å². The Labute approximate surface area is 117 Å². The SMILES string of the molecule is Cn1nc(OS(=O)(=O)C(F)(F)F)cc1CN1CCOC1=O. The van der Waals surface area contributed by atoms with E-state index in [2.05, 4.69) is 9.28 Å². The van der Waals surface area contributed by atoms with Crippen molar-refractivity contribution in [2.24, 2.45) is 7.05 Å². The van der Waals surface area contributed by atoms with E-state index in [9.17, 15) is 26.4 Å². The summed E-state index contributed by atoms with van der Waals surface area (Å²) in [5, 5.41) is 3.51. The van der Waals surface area contributed by atoms with Crippen LogP contribution in [0.1, 0.15) is 5.69 Å². The molecule has 0 bridgehead atoms. The highest BCUT2D eigenvalue weighted by atomic mass is 32.2. The summed E-state index contributed by atoms with van der Waals surface area (Å²) >= 11 is 0. The molecule has 0 unspecified atom stereocenters.